The van der Waals surface area contributed by atoms with Crippen molar-refractivity contribution in [2.24, 2.45) is 0 Å². The Morgan fingerprint density at radius 3 is 2.71 bits per heavy atom. The Labute approximate surface area is 168 Å². The molecule has 1 saturated carbocycles. The fourth-order valence-corrected chi connectivity index (χ4v) is 4.69. The third-order valence-electron chi connectivity index (χ3n) is 4.71. The average molecular weight is 429 g/mol. The number of hydrogen-bond acceptors (Lipinski definition) is 6. The standard InChI is InChI=1S/C18H22ClFN4O3S/c1-24(2)14-5-3-4-6-15(14)27-16-10-13(20)17(9-12(16)19)28(25,26)23-18-7-8-21-11-22-18/h7-11,14-15H,3-6H2,1-2H3,(H,21,22,23)/t14-,15-/m0/s1. The second-order valence-electron chi connectivity index (χ2n) is 6.88. The van der Waals surface area contributed by atoms with Crippen LogP contribution in [0.4, 0.5) is 10.2 Å². The average Bonchev–Trinajstić information content (AvgIpc) is 2.65. The topological polar surface area (TPSA) is 84.4 Å². The van der Waals surface area contributed by atoms with E-state index in [0.717, 1.165) is 37.8 Å². The Morgan fingerprint density at radius 2 is 2.04 bits per heavy atom. The maximum absolute atomic E-state index is 14.6. The lowest BCUT2D eigenvalue weighted by molar-refractivity contribution is 0.0620. The number of aromatic nitrogens is 2. The summed E-state index contributed by atoms with van der Waals surface area (Å²) < 4.78 is 47.8. The van der Waals surface area contributed by atoms with Crippen LogP contribution in [-0.2, 0) is 10.0 Å². The van der Waals surface area contributed by atoms with Gasteiger partial charge in [-0.2, -0.15) is 0 Å². The maximum atomic E-state index is 14.6. The molecule has 2 atom stereocenters. The Hall–Kier alpha value is -1.97. The van der Waals surface area contributed by atoms with Crippen LogP contribution in [0, 0.1) is 5.82 Å². The Bertz CT molecular complexity index is 928. The highest BCUT2D eigenvalue weighted by Crippen LogP contribution is 2.34. The number of ether oxygens (including phenoxy) is 1. The van der Waals surface area contributed by atoms with Gasteiger partial charge in [-0.1, -0.05) is 18.0 Å². The first kappa shape index (κ1) is 20.8. The zero-order valence-corrected chi connectivity index (χ0v) is 17.2. The summed E-state index contributed by atoms with van der Waals surface area (Å²) in [5.74, 6) is -0.779. The van der Waals surface area contributed by atoms with Gasteiger partial charge in [0.15, 0.2) is 0 Å². The van der Waals surface area contributed by atoms with Gasteiger partial charge < -0.3 is 9.64 Å². The molecular formula is C18H22ClFN4O3S. The Morgan fingerprint density at radius 1 is 1.29 bits per heavy atom. The zero-order chi connectivity index (χ0) is 20.3. The van der Waals surface area contributed by atoms with Crippen molar-refractivity contribution < 1.29 is 17.5 Å². The first-order chi connectivity index (χ1) is 13.3. The minimum Gasteiger partial charge on any atom is -0.487 e. The summed E-state index contributed by atoms with van der Waals surface area (Å²) in [5, 5.41) is 0.0348. The van der Waals surface area contributed by atoms with Crippen LogP contribution in [0.2, 0.25) is 5.02 Å². The van der Waals surface area contributed by atoms with E-state index in [2.05, 4.69) is 19.6 Å². The number of benzene rings is 1. The van der Waals surface area contributed by atoms with Crippen molar-refractivity contribution in [2.75, 3.05) is 18.8 Å². The van der Waals surface area contributed by atoms with Gasteiger partial charge in [-0.3, -0.25) is 4.72 Å². The summed E-state index contributed by atoms with van der Waals surface area (Å²) in [6.07, 6.45) is 6.35. The number of nitrogens with one attached hydrogen (secondary N) is 1. The molecule has 28 heavy (non-hydrogen) atoms. The Balaban J connectivity index is 1.84. The van der Waals surface area contributed by atoms with Crippen molar-refractivity contribution >= 4 is 27.4 Å². The van der Waals surface area contributed by atoms with Crippen LogP contribution in [0.3, 0.4) is 0 Å². The third kappa shape index (κ3) is 4.71. The molecule has 7 nitrogen and oxygen atoms in total. The number of rotatable bonds is 6. The number of nitrogens with zero attached hydrogens (tertiary/aromatic N) is 3. The van der Waals surface area contributed by atoms with E-state index in [1.165, 1.54) is 18.6 Å². The second kappa shape index (κ2) is 8.59. The molecular weight excluding hydrogens is 407 g/mol. The molecule has 10 heteroatoms. The van der Waals surface area contributed by atoms with Gasteiger partial charge in [0.25, 0.3) is 10.0 Å². The highest BCUT2D eigenvalue weighted by atomic mass is 35.5. The van der Waals surface area contributed by atoms with Crippen LogP contribution >= 0.6 is 11.6 Å². The molecule has 0 saturated heterocycles. The van der Waals surface area contributed by atoms with E-state index in [1.807, 2.05) is 14.1 Å². The second-order valence-corrected chi connectivity index (χ2v) is 8.94. The van der Waals surface area contributed by atoms with Gasteiger partial charge in [0.2, 0.25) is 0 Å². The smallest absolute Gasteiger partial charge is 0.266 e. The van der Waals surface area contributed by atoms with Gasteiger partial charge in [-0.15, -0.1) is 0 Å². The number of hydrogen-bond donors (Lipinski definition) is 1. The van der Waals surface area contributed by atoms with Crippen LogP contribution < -0.4 is 9.46 Å². The van der Waals surface area contributed by atoms with Crippen molar-refractivity contribution in [1.29, 1.82) is 0 Å². The maximum Gasteiger partial charge on any atom is 0.266 e. The lowest BCUT2D eigenvalue weighted by Crippen LogP contribution is -2.44. The first-order valence-corrected chi connectivity index (χ1v) is 10.7. The molecule has 1 aliphatic rings. The van der Waals surface area contributed by atoms with E-state index in [1.54, 1.807) is 0 Å². The zero-order valence-electron chi connectivity index (χ0n) is 15.6. The van der Waals surface area contributed by atoms with E-state index >= 15 is 0 Å². The van der Waals surface area contributed by atoms with Gasteiger partial charge >= 0.3 is 0 Å². The molecule has 0 bridgehead atoms. The molecule has 1 aliphatic carbocycles. The summed E-state index contributed by atoms with van der Waals surface area (Å²) in [5.41, 5.74) is 0. The van der Waals surface area contributed by atoms with E-state index in [0.29, 0.717) is 0 Å². The summed E-state index contributed by atoms with van der Waals surface area (Å²) in [7, 11) is -0.254. The number of likely N-dealkylation sites (N-methyl/N-ethyl adjacent to an activating group) is 1. The molecule has 1 aromatic carbocycles. The van der Waals surface area contributed by atoms with E-state index in [-0.39, 0.29) is 28.7 Å². The lowest BCUT2D eigenvalue weighted by Gasteiger charge is -2.36. The molecule has 0 radical (unpaired) electrons. The summed E-state index contributed by atoms with van der Waals surface area (Å²) in [6, 6.07) is 3.64. The lowest BCUT2D eigenvalue weighted by atomic mass is 9.91. The fourth-order valence-electron chi connectivity index (χ4n) is 3.32. The van der Waals surface area contributed by atoms with Crippen molar-refractivity contribution in [1.82, 2.24) is 14.9 Å². The molecule has 0 spiro atoms. The van der Waals surface area contributed by atoms with Crippen LogP contribution in [0.1, 0.15) is 25.7 Å². The van der Waals surface area contributed by atoms with Crippen molar-refractivity contribution in [3.05, 3.63) is 41.6 Å². The van der Waals surface area contributed by atoms with E-state index in [4.69, 9.17) is 16.3 Å². The van der Waals surface area contributed by atoms with Crippen LogP contribution in [-0.4, -0.2) is 49.5 Å². The minimum atomic E-state index is -4.20. The molecule has 1 N–H and O–H groups in total. The van der Waals surface area contributed by atoms with Crippen LogP contribution in [0.15, 0.2) is 35.6 Å². The highest BCUT2D eigenvalue weighted by molar-refractivity contribution is 7.92. The molecule has 0 aliphatic heterocycles. The first-order valence-electron chi connectivity index (χ1n) is 8.89. The SMILES string of the molecule is CN(C)[C@H]1CCCC[C@@H]1Oc1cc(F)c(S(=O)(=O)Nc2ccncn2)cc1Cl. The van der Waals surface area contributed by atoms with Gasteiger partial charge in [0.05, 0.1) is 5.02 Å². The molecule has 1 aromatic heterocycles. The van der Waals surface area contributed by atoms with Gasteiger partial charge in [0.1, 0.15) is 34.7 Å². The third-order valence-corrected chi connectivity index (χ3v) is 6.37. The van der Waals surface area contributed by atoms with Crippen molar-refractivity contribution in [2.45, 2.75) is 42.7 Å². The molecule has 1 heterocycles. The van der Waals surface area contributed by atoms with Gasteiger partial charge in [0, 0.05) is 18.3 Å². The summed E-state index contributed by atoms with van der Waals surface area (Å²) in [4.78, 5) is 8.99. The van der Waals surface area contributed by atoms with Crippen LogP contribution in [0.25, 0.3) is 0 Å². The summed E-state index contributed by atoms with van der Waals surface area (Å²) in [6.45, 7) is 0. The fraction of sp³-hybridized carbons (Fsp3) is 0.444. The number of anilines is 1. The van der Waals surface area contributed by atoms with Crippen molar-refractivity contribution in [3.8, 4) is 5.75 Å². The Kier molecular flexibility index (Phi) is 6.36. The number of sulfonamides is 1. The molecule has 1 fully saturated rings. The minimum absolute atomic E-state index is 0.0295. The molecule has 2 aromatic rings. The molecule has 3 rings (SSSR count). The van der Waals surface area contributed by atoms with Gasteiger partial charge in [-0.25, -0.2) is 22.8 Å². The quantitative estimate of drug-likeness (QED) is 0.759. The summed E-state index contributed by atoms with van der Waals surface area (Å²) >= 11 is 6.23. The molecule has 152 valence electrons. The van der Waals surface area contributed by atoms with Crippen LogP contribution in [0.5, 0.6) is 5.75 Å². The monoisotopic (exact) mass is 428 g/mol. The molecule has 0 amide bonds. The highest BCUT2D eigenvalue weighted by Gasteiger charge is 2.30. The molecule has 0 unspecified atom stereocenters. The van der Waals surface area contributed by atoms with Gasteiger partial charge in [-0.05, 0) is 45.5 Å². The largest absolute Gasteiger partial charge is 0.487 e. The van der Waals surface area contributed by atoms with E-state index < -0.39 is 20.7 Å². The van der Waals surface area contributed by atoms with E-state index in [9.17, 15) is 12.8 Å². The predicted molar refractivity (Wildman–Crippen MR) is 105 cm³/mol. The normalized spacial score (nSPS) is 20.2. The van der Waals surface area contributed by atoms with Crippen molar-refractivity contribution in [3.63, 3.8) is 0 Å². The predicted octanol–water partition coefficient (Wildman–Crippen LogP) is 3.32. The number of halogens is 2.